The van der Waals surface area contributed by atoms with E-state index < -0.39 is 0 Å². The summed E-state index contributed by atoms with van der Waals surface area (Å²) in [6, 6.07) is 12.3. The van der Waals surface area contributed by atoms with Crippen LogP contribution in [-0.2, 0) is 23.0 Å². The number of carbonyl (C=O) groups is 1. The van der Waals surface area contributed by atoms with E-state index in [1.807, 2.05) is 31.1 Å². The maximum absolute atomic E-state index is 13.3. The second-order valence-corrected chi connectivity index (χ2v) is 6.91. The smallest absolute Gasteiger partial charge is 0.245 e. The van der Waals surface area contributed by atoms with Crippen LogP contribution in [0.5, 0.6) is 0 Å². The van der Waals surface area contributed by atoms with Crippen LogP contribution in [0, 0.1) is 0 Å². The van der Waals surface area contributed by atoms with Crippen molar-refractivity contribution in [3.8, 4) is 0 Å². The molecule has 0 aliphatic carbocycles. The minimum atomic E-state index is -0.162. The quantitative estimate of drug-likeness (QED) is 0.862. The highest BCUT2D eigenvalue weighted by molar-refractivity contribution is 5.86. The topological polar surface area (TPSA) is 37.7 Å². The average Bonchev–Trinajstić information content (AvgIpc) is 3.26. The minimum absolute atomic E-state index is 0.0125. The number of fused-ring (bicyclic) bond motifs is 1. The lowest BCUT2D eigenvalue weighted by Crippen LogP contribution is -2.52. The molecule has 132 valence electrons. The Labute approximate surface area is 148 Å². The molecule has 0 radical (unpaired) electrons. The van der Waals surface area contributed by atoms with E-state index in [9.17, 15) is 4.79 Å². The van der Waals surface area contributed by atoms with Gasteiger partial charge in [-0.25, -0.2) is 0 Å². The molecule has 2 aromatic rings. The monoisotopic (exact) mass is 339 g/mol. The molecular weight excluding hydrogens is 314 g/mol. The molecule has 1 aromatic heterocycles. The molecule has 4 rings (SSSR count). The highest BCUT2D eigenvalue weighted by Crippen LogP contribution is 2.31. The van der Waals surface area contributed by atoms with Gasteiger partial charge in [0.1, 0.15) is 6.04 Å². The molecule has 0 bridgehead atoms. The molecule has 25 heavy (non-hydrogen) atoms. The molecule has 0 spiro atoms. The van der Waals surface area contributed by atoms with Crippen molar-refractivity contribution in [1.29, 1.82) is 0 Å². The first-order valence-corrected chi connectivity index (χ1v) is 9.01. The van der Waals surface area contributed by atoms with Gasteiger partial charge in [-0.1, -0.05) is 18.2 Å². The number of ether oxygens (including phenoxy) is 1. The largest absolute Gasteiger partial charge is 0.377 e. The molecule has 0 saturated carbocycles. The van der Waals surface area contributed by atoms with E-state index >= 15 is 0 Å². The number of anilines is 1. The van der Waals surface area contributed by atoms with Crippen LogP contribution in [0.1, 0.15) is 24.2 Å². The maximum atomic E-state index is 13.3. The Balaban J connectivity index is 1.58. The highest BCUT2D eigenvalue weighted by Gasteiger charge is 2.36. The molecule has 2 aliphatic rings. The fourth-order valence-corrected chi connectivity index (χ4v) is 4.07. The lowest BCUT2D eigenvalue weighted by atomic mass is 10.1. The molecule has 5 nitrogen and oxygen atoms in total. The SMILES string of the molecule is C[C@H](C(=O)N1CCOC[C@@H]1c1cccn1C)N1CCc2ccccc21. The number of aryl methyl sites for hydroxylation is 1. The summed E-state index contributed by atoms with van der Waals surface area (Å²) in [4.78, 5) is 17.6. The van der Waals surface area contributed by atoms with Gasteiger partial charge in [0.05, 0.1) is 19.3 Å². The number of amides is 1. The van der Waals surface area contributed by atoms with E-state index in [0.717, 1.165) is 18.7 Å². The molecule has 3 heterocycles. The number of aromatic nitrogens is 1. The van der Waals surface area contributed by atoms with E-state index in [-0.39, 0.29) is 18.0 Å². The van der Waals surface area contributed by atoms with Gasteiger partial charge in [-0.2, -0.15) is 0 Å². The van der Waals surface area contributed by atoms with Crippen LogP contribution in [0.4, 0.5) is 5.69 Å². The number of hydrogen-bond acceptors (Lipinski definition) is 3. The van der Waals surface area contributed by atoms with Crippen molar-refractivity contribution in [3.05, 3.63) is 53.9 Å². The summed E-state index contributed by atoms with van der Waals surface area (Å²) in [7, 11) is 2.02. The van der Waals surface area contributed by atoms with Crippen LogP contribution in [-0.4, -0.2) is 47.7 Å². The zero-order valence-corrected chi connectivity index (χ0v) is 14.9. The highest BCUT2D eigenvalue weighted by atomic mass is 16.5. The fraction of sp³-hybridized carbons (Fsp3) is 0.450. The van der Waals surface area contributed by atoms with Gasteiger partial charge in [-0.05, 0) is 37.1 Å². The van der Waals surface area contributed by atoms with Crippen molar-refractivity contribution in [2.45, 2.75) is 25.4 Å². The third-order valence-corrected chi connectivity index (χ3v) is 5.48. The molecule has 5 heteroatoms. The number of carbonyl (C=O) groups excluding carboxylic acids is 1. The van der Waals surface area contributed by atoms with Crippen LogP contribution in [0.2, 0.25) is 0 Å². The Kier molecular flexibility index (Phi) is 4.25. The summed E-state index contributed by atoms with van der Waals surface area (Å²) in [5.74, 6) is 0.186. The Bertz CT molecular complexity index is 770. The molecule has 1 aromatic carbocycles. The van der Waals surface area contributed by atoms with Crippen molar-refractivity contribution in [3.63, 3.8) is 0 Å². The molecule has 0 N–H and O–H groups in total. The molecule has 2 atom stereocenters. The number of nitrogens with zero attached hydrogens (tertiary/aromatic N) is 3. The Morgan fingerprint density at radius 3 is 2.84 bits per heavy atom. The number of rotatable bonds is 3. The number of hydrogen-bond donors (Lipinski definition) is 0. The number of para-hydroxylation sites is 1. The molecular formula is C20H25N3O2. The molecule has 2 aliphatic heterocycles. The molecule has 0 unspecified atom stereocenters. The first-order chi connectivity index (χ1) is 12.2. The van der Waals surface area contributed by atoms with Crippen LogP contribution in [0.25, 0.3) is 0 Å². The van der Waals surface area contributed by atoms with Crippen LogP contribution < -0.4 is 4.90 Å². The third-order valence-electron chi connectivity index (χ3n) is 5.48. The zero-order valence-electron chi connectivity index (χ0n) is 14.9. The van der Waals surface area contributed by atoms with Gasteiger partial charge >= 0.3 is 0 Å². The van der Waals surface area contributed by atoms with E-state index in [4.69, 9.17) is 4.74 Å². The van der Waals surface area contributed by atoms with Gasteiger partial charge in [0.2, 0.25) is 5.91 Å². The standard InChI is InChI=1S/C20H25N3O2/c1-15(22-11-9-16-6-3-4-7-17(16)22)20(24)23-12-13-25-14-19(23)18-8-5-10-21(18)2/h3-8,10,15,19H,9,11-14H2,1-2H3/t15-,19-/m1/s1. The fourth-order valence-electron chi connectivity index (χ4n) is 4.07. The predicted octanol–water partition coefficient (Wildman–Crippen LogP) is 2.38. The summed E-state index contributed by atoms with van der Waals surface area (Å²) < 4.78 is 7.76. The van der Waals surface area contributed by atoms with E-state index in [2.05, 4.69) is 39.8 Å². The third kappa shape index (κ3) is 2.82. The van der Waals surface area contributed by atoms with Crippen molar-refractivity contribution in [2.24, 2.45) is 7.05 Å². The van der Waals surface area contributed by atoms with Crippen LogP contribution in [0.3, 0.4) is 0 Å². The van der Waals surface area contributed by atoms with Crippen LogP contribution >= 0.6 is 0 Å². The maximum Gasteiger partial charge on any atom is 0.245 e. The van der Waals surface area contributed by atoms with Gasteiger partial charge in [-0.3, -0.25) is 4.79 Å². The van der Waals surface area contributed by atoms with Crippen molar-refractivity contribution in [2.75, 3.05) is 31.2 Å². The molecule has 1 saturated heterocycles. The Morgan fingerprint density at radius 2 is 2.04 bits per heavy atom. The Morgan fingerprint density at radius 1 is 1.20 bits per heavy atom. The van der Waals surface area contributed by atoms with E-state index in [1.54, 1.807) is 0 Å². The summed E-state index contributed by atoms with van der Waals surface area (Å²) in [6.07, 6.45) is 3.03. The van der Waals surface area contributed by atoms with Gasteiger partial charge in [-0.15, -0.1) is 0 Å². The lowest BCUT2D eigenvalue weighted by Gasteiger charge is -2.39. The summed E-state index contributed by atoms with van der Waals surface area (Å²) >= 11 is 0. The Hall–Kier alpha value is -2.27. The average molecular weight is 339 g/mol. The van der Waals surface area contributed by atoms with Gasteiger partial charge in [0.15, 0.2) is 0 Å². The summed E-state index contributed by atoms with van der Waals surface area (Å²) in [5, 5.41) is 0. The van der Waals surface area contributed by atoms with Gasteiger partial charge in [0, 0.05) is 37.7 Å². The predicted molar refractivity (Wildman–Crippen MR) is 97.6 cm³/mol. The molecule has 1 fully saturated rings. The van der Waals surface area contributed by atoms with Gasteiger partial charge < -0.3 is 19.1 Å². The summed E-state index contributed by atoms with van der Waals surface area (Å²) in [6.45, 7) is 4.75. The summed E-state index contributed by atoms with van der Waals surface area (Å²) in [5.41, 5.74) is 3.66. The molecule has 1 amide bonds. The first-order valence-electron chi connectivity index (χ1n) is 9.01. The van der Waals surface area contributed by atoms with E-state index in [1.165, 1.54) is 11.3 Å². The van der Waals surface area contributed by atoms with Gasteiger partial charge in [0.25, 0.3) is 0 Å². The van der Waals surface area contributed by atoms with Crippen LogP contribution in [0.15, 0.2) is 42.6 Å². The van der Waals surface area contributed by atoms with Crippen molar-refractivity contribution >= 4 is 11.6 Å². The number of morpholine rings is 1. The normalized spacial score (nSPS) is 21.3. The van der Waals surface area contributed by atoms with E-state index in [0.29, 0.717) is 19.8 Å². The van der Waals surface area contributed by atoms with Crippen molar-refractivity contribution in [1.82, 2.24) is 9.47 Å². The first kappa shape index (κ1) is 16.2. The number of benzene rings is 1. The second-order valence-electron chi connectivity index (χ2n) is 6.91. The minimum Gasteiger partial charge on any atom is -0.377 e. The lowest BCUT2D eigenvalue weighted by molar-refractivity contribution is -0.141. The zero-order chi connectivity index (χ0) is 17.4. The second kappa shape index (κ2) is 6.56. The van der Waals surface area contributed by atoms with Crippen molar-refractivity contribution < 1.29 is 9.53 Å².